The minimum Gasteiger partial charge on any atom is -0.496 e. The molecule has 6 nitrogen and oxygen atoms in total. The van der Waals surface area contributed by atoms with E-state index in [4.69, 9.17) is 9.47 Å². The first-order chi connectivity index (χ1) is 13.0. The van der Waals surface area contributed by atoms with Crippen LogP contribution in [0.4, 0.5) is 5.69 Å². The van der Waals surface area contributed by atoms with E-state index in [2.05, 4.69) is 10.6 Å². The van der Waals surface area contributed by atoms with Crippen molar-refractivity contribution in [1.29, 1.82) is 0 Å². The van der Waals surface area contributed by atoms with E-state index < -0.39 is 0 Å². The summed E-state index contributed by atoms with van der Waals surface area (Å²) in [5.74, 6) is 1.02. The zero-order valence-corrected chi connectivity index (χ0v) is 16.0. The average Bonchev–Trinajstić information content (AvgIpc) is 2.68. The second kappa shape index (κ2) is 10.2. The van der Waals surface area contributed by atoms with Crippen molar-refractivity contribution in [3.8, 4) is 11.5 Å². The van der Waals surface area contributed by atoms with Gasteiger partial charge in [-0.3, -0.25) is 9.59 Å². The van der Waals surface area contributed by atoms with Crippen LogP contribution in [0.15, 0.2) is 48.5 Å². The van der Waals surface area contributed by atoms with Gasteiger partial charge in [-0.2, -0.15) is 0 Å². The number of hydrogen-bond acceptors (Lipinski definition) is 4. The number of benzene rings is 2. The second-order valence-corrected chi connectivity index (χ2v) is 6.13. The van der Waals surface area contributed by atoms with E-state index in [0.29, 0.717) is 12.3 Å². The molecule has 2 aromatic carbocycles. The molecule has 144 valence electrons. The molecule has 0 spiro atoms. The Morgan fingerprint density at radius 1 is 1.04 bits per heavy atom. The van der Waals surface area contributed by atoms with Crippen LogP contribution < -0.4 is 20.1 Å². The molecule has 2 rings (SSSR count). The third-order valence-corrected chi connectivity index (χ3v) is 4.06. The van der Waals surface area contributed by atoms with Crippen LogP contribution in [0.2, 0.25) is 0 Å². The third-order valence-electron chi connectivity index (χ3n) is 4.06. The van der Waals surface area contributed by atoms with Crippen molar-refractivity contribution in [3.63, 3.8) is 0 Å². The van der Waals surface area contributed by atoms with Crippen molar-refractivity contribution >= 4 is 17.5 Å². The summed E-state index contributed by atoms with van der Waals surface area (Å²) in [5.41, 5.74) is 1.62. The summed E-state index contributed by atoms with van der Waals surface area (Å²) in [6, 6.07) is 14.7. The number of hydrogen-bond donors (Lipinski definition) is 2. The Bertz CT molecular complexity index is 759. The van der Waals surface area contributed by atoms with Gasteiger partial charge in [0.1, 0.15) is 11.5 Å². The molecule has 0 aromatic heterocycles. The first-order valence-electron chi connectivity index (χ1n) is 8.95. The van der Waals surface area contributed by atoms with Gasteiger partial charge in [-0.1, -0.05) is 25.1 Å². The fourth-order valence-electron chi connectivity index (χ4n) is 2.72. The summed E-state index contributed by atoms with van der Waals surface area (Å²) in [6.45, 7) is 4.38. The molecule has 0 fully saturated rings. The van der Waals surface area contributed by atoms with Gasteiger partial charge in [-0.25, -0.2) is 0 Å². The summed E-state index contributed by atoms with van der Waals surface area (Å²) >= 11 is 0. The Labute approximate surface area is 159 Å². The van der Waals surface area contributed by atoms with E-state index in [1.807, 2.05) is 38.1 Å². The molecule has 0 heterocycles. The Morgan fingerprint density at radius 2 is 1.74 bits per heavy atom. The fraction of sp³-hybridized carbons (Fsp3) is 0.333. The SMILES string of the molecule is CCOc1ccc(NC(=O)CNC(=O)CC(C)c2ccccc2OC)cc1. The molecule has 0 aliphatic rings. The highest BCUT2D eigenvalue weighted by Gasteiger charge is 2.15. The minimum atomic E-state index is -0.280. The molecule has 0 bridgehead atoms. The fourth-order valence-corrected chi connectivity index (χ4v) is 2.72. The number of rotatable bonds is 9. The maximum Gasteiger partial charge on any atom is 0.243 e. The van der Waals surface area contributed by atoms with Gasteiger partial charge in [0.25, 0.3) is 0 Å². The molecule has 0 aliphatic carbocycles. The molecule has 1 unspecified atom stereocenters. The van der Waals surface area contributed by atoms with Crippen LogP contribution in [0.3, 0.4) is 0 Å². The number of anilines is 1. The number of carbonyl (C=O) groups excluding carboxylic acids is 2. The molecule has 2 amide bonds. The highest BCUT2D eigenvalue weighted by Crippen LogP contribution is 2.28. The number of methoxy groups -OCH3 is 1. The zero-order chi connectivity index (χ0) is 19.6. The molecule has 0 saturated heterocycles. The molecular formula is C21H26N2O4. The van der Waals surface area contributed by atoms with Gasteiger partial charge in [0.15, 0.2) is 0 Å². The lowest BCUT2D eigenvalue weighted by atomic mass is 9.96. The summed E-state index contributed by atoms with van der Waals surface area (Å²) < 4.78 is 10.7. The van der Waals surface area contributed by atoms with E-state index in [1.54, 1.807) is 31.4 Å². The van der Waals surface area contributed by atoms with Crippen LogP contribution in [0.25, 0.3) is 0 Å². The molecular weight excluding hydrogens is 344 g/mol. The smallest absolute Gasteiger partial charge is 0.243 e. The van der Waals surface area contributed by atoms with Crippen molar-refractivity contribution < 1.29 is 19.1 Å². The molecule has 0 saturated carbocycles. The lowest BCUT2D eigenvalue weighted by Gasteiger charge is -2.15. The van der Waals surface area contributed by atoms with Crippen LogP contribution in [-0.2, 0) is 9.59 Å². The van der Waals surface area contributed by atoms with E-state index in [9.17, 15) is 9.59 Å². The summed E-state index contributed by atoms with van der Waals surface area (Å²) in [7, 11) is 1.61. The first-order valence-corrected chi connectivity index (χ1v) is 8.95. The molecule has 0 radical (unpaired) electrons. The topological polar surface area (TPSA) is 76.7 Å². The predicted molar refractivity (Wildman–Crippen MR) is 105 cm³/mol. The van der Waals surface area contributed by atoms with E-state index >= 15 is 0 Å². The summed E-state index contributed by atoms with van der Waals surface area (Å²) in [5, 5.41) is 5.40. The maximum absolute atomic E-state index is 12.2. The van der Waals surface area contributed by atoms with Gasteiger partial charge in [-0.05, 0) is 48.7 Å². The molecule has 0 aliphatic heterocycles. The molecule has 6 heteroatoms. The number of carbonyl (C=O) groups is 2. The molecule has 27 heavy (non-hydrogen) atoms. The van der Waals surface area contributed by atoms with Crippen molar-refractivity contribution in [2.75, 3.05) is 25.6 Å². The van der Waals surface area contributed by atoms with Gasteiger partial charge in [-0.15, -0.1) is 0 Å². The second-order valence-electron chi connectivity index (χ2n) is 6.13. The van der Waals surface area contributed by atoms with Crippen LogP contribution >= 0.6 is 0 Å². The standard InChI is InChI=1S/C21H26N2O4/c1-4-27-17-11-9-16(10-12-17)23-21(25)14-22-20(24)13-15(2)18-7-5-6-8-19(18)26-3/h5-12,15H,4,13-14H2,1-3H3,(H,22,24)(H,23,25). The number of nitrogens with one attached hydrogen (secondary N) is 2. The van der Waals surface area contributed by atoms with Crippen molar-refractivity contribution in [2.24, 2.45) is 0 Å². The zero-order valence-electron chi connectivity index (χ0n) is 16.0. The Balaban J connectivity index is 1.79. The Kier molecular flexibility index (Phi) is 7.67. The van der Waals surface area contributed by atoms with E-state index in [-0.39, 0.29) is 30.7 Å². The highest BCUT2D eigenvalue weighted by atomic mass is 16.5. The average molecular weight is 370 g/mol. The normalized spacial score (nSPS) is 11.4. The maximum atomic E-state index is 12.2. The number of ether oxygens (including phenoxy) is 2. The molecule has 2 N–H and O–H groups in total. The minimum absolute atomic E-state index is 0.0182. The van der Waals surface area contributed by atoms with Gasteiger partial charge in [0, 0.05) is 12.1 Å². The molecule has 1 atom stereocenters. The monoisotopic (exact) mass is 370 g/mol. The van der Waals surface area contributed by atoms with Gasteiger partial charge in [0.2, 0.25) is 11.8 Å². The number of amides is 2. The number of para-hydroxylation sites is 1. The highest BCUT2D eigenvalue weighted by molar-refractivity contribution is 5.94. The van der Waals surface area contributed by atoms with Gasteiger partial charge < -0.3 is 20.1 Å². The quantitative estimate of drug-likeness (QED) is 0.710. The largest absolute Gasteiger partial charge is 0.496 e. The van der Waals surface area contributed by atoms with Gasteiger partial charge >= 0.3 is 0 Å². The lowest BCUT2D eigenvalue weighted by Crippen LogP contribution is -2.33. The van der Waals surface area contributed by atoms with Crippen molar-refractivity contribution in [3.05, 3.63) is 54.1 Å². The molecule has 2 aromatic rings. The summed E-state index contributed by atoms with van der Waals surface area (Å²) in [4.78, 5) is 24.2. The Hall–Kier alpha value is -3.02. The Morgan fingerprint density at radius 3 is 2.41 bits per heavy atom. The first kappa shape index (κ1) is 20.3. The van der Waals surface area contributed by atoms with Crippen LogP contribution in [0.5, 0.6) is 11.5 Å². The van der Waals surface area contributed by atoms with E-state index in [1.165, 1.54) is 0 Å². The van der Waals surface area contributed by atoms with Crippen molar-refractivity contribution in [1.82, 2.24) is 5.32 Å². The van der Waals surface area contributed by atoms with Gasteiger partial charge in [0.05, 0.1) is 20.3 Å². The van der Waals surface area contributed by atoms with Crippen LogP contribution in [-0.4, -0.2) is 32.1 Å². The lowest BCUT2D eigenvalue weighted by molar-refractivity contribution is -0.124. The third kappa shape index (κ3) is 6.33. The summed E-state index contributed by atoms with van der Waals surface area (Å²) in [6.07, 6.45) is 0.275. The van der Waals surface area contributed by atoms with Crippen LogP contribution in [0.1, 0.15) is 31.7 Å². The van der Waals surface area contributed by atoms with Crippen molar-refractivity contribution in [2.45, 2.75) is 26.2 Å². The van der Waals surface area contributed by atoms with Crippen LogP contribution in [0, 0.1) is 0 Å². The van der Waals surface area contributed by atoms with E-state index in [0.717, 1.165) is 17.1 Å². The predicted octanol–water partition coefficient (Wildman–Crippen LogP) is 3.34.